The van der Waals surface area contributed by atoms with Gasteiger partial charge in [0.2, 0.25) is 0 Å². The van der Waals surface area contributed by atoms with Crippen LogP contribution in [-0.2, 0) is 11.3 Å². The van der Waals surface area contributed by atoms with Gasteiger partial charge in [-0.25, -0.2) is 8.78 Å². The maximum absolute atomic E-state index is 13.6. The van der Waals surface area contributed by atoms with Crippen LogP contribution in [-0.4, -0.2) is 24.3 Å². The lowest BCUT2D eigenvalue weighted by Crippen LogP contribution is -2.39. The number of aldehydes is 1. The summed E-state index contributed by atoms with van der Waals surface area (Å²) in [6.45, 7) is 2.49. The molecule has 2 atom stereocenters. The fourth-order valence-electron chi connectivity index (χ4n) is 3.58. The lowest BCUT2D eigenvalue weighted by Gasteiger charge is -2.38. The van der Waals surface area contributed by atoms with Crippen molar-refractivity contribution >= 4 is 6.29 Å². The van der Waals surface area contributed by atoms with E-state index in [-0.39, 0.29) is 11.8 Å². The largest absolute Gasteiger partial charge is 0.303 e. The number of nitrogens with zero attached hydrogens (tertiary/aromatic N) is 1. The molecular weight excluding hydrogens is 308 g/mol. The van der Waals surface area contributed by atoms with Crippen LogP contribution in [0.5, 0.6) is 0 Å². The average Bonchev–Trinajstić information content (AvgIpc) is 2.60. The highest BCUT2D eigenvalue weighted by Gasteiger charge is 2.30. The molecule has 0 aromatic heterocycles. The molecule has 1 aliphatic rings. The van der Waals surface area contributed by atoms with Crippen LogP contribution in [0.2, 0.25) is 0 Å². The molecule has 0 saturated carbocycles. The van der Waals surface area contributed by atoms with Gasteiger partial charge >= 0.3 is 0 Å². The molecule has 2 nitrogen and oxygen atoms in total. The van der Waals surface area contributed by atoms with Crippen molar-refractivity contribution in [1.29, 1.82) is 0 Å². The Morgan fingerprint density at radius 2 is 1.88 bits per heavy atom. The number of likely N-dealkylation sites (tertiary alicyclic amines) is 1. The molecule has 0 aliphatic carbocycles. The standard InChI is InChI=1S/C20H21F2NO/c21-19-7-6-17(12-20(19)22)18-14-23(10-8-16(18)9-11-24)13-15-4-2-1-3-5-15/h1-7,11-12,16,18H,8-10,13-14H2. The van der Waals surface area contributed by atoms with Crippen LogP contribution in [0.1, 0.15) is 29.9 Å². The van der Waals surface area contributed by atoms with Gasteiger partial charge in [0, 0.05) is 25.4 Å². The van der Waals surface area contributed by atoms with Crippen molar-refractivity contribution in [3.63, 3.8) is 0 Å². The summed E-state index contributed by atoms with van der Waals surface area (Å²) in [7, 11) is 0. The third kappa shape index (κ3) is 3.88. The number of hydrogen-bond donors (Lipinski definition) is 0. The second-order valence-corrected chi connectivity index (χ2v) is 6.45. The van der Waals surface area contributed by atoms with Crippen molar-refractivity contribution in [3.8, 4) is 0 Å². The Labute approximate surface area is 141 Å². The molecule has 24 heavy (non-hydrogen) atoms. The minimum atomic E-state index is -0.831. The zero-order chi connectivity index (χ0) is 16.9. The van der Waals surface area contributed by atoms with Gasteiger partial charge < -0.3 is 4.79 Å². The quantitative estimate of drug-likeness (QED) is 0.768. The van der Waals surface area contributed by atoms with Gasteiger partial charge in [0.15, 0.2) is 11.6 Å². The van der Waals surface area contributed by atoms with Crippen LogP contribution in [0.15, 0.2) is 48.5 Å². The molecule has 2 unspecified atom stereocenters. The minimum absolute atomic E-state index is 0.0442. The van der Waals surface area contributed by atoms with Gasteiger partial charge in [0.1, 0.15) is 6.29 Å². The summed E-state index contributed by atoms with van der Waals surface area (Å²) in [5, 5.41) is 0. The third-order valence-corrected chi connectivity index (χ3v) is 4.86. The molecule has 0 N–H and O–H groups in total. The molecular formula is C20H21F2NO. The van der Waals surface area contributed by atoms with Crippen LogP contribution in [0.25, 0.3) is 0 Å². The Bertz CT molecular complexity index is 689. The zero-order valence-corrected chi connectivity index (χ0v) is 13.5. The van der Waals surface area contributed by atoms with Gasteiger partial charge in [0.25, 0.3) is 0 Å². The van der Waals surface area contributed by atoms with E-state index in [1.54, 1.807) is 6.07 Å². The number of hydrogen-bond acceptors (Lipinski definition) is 2. The second-order valence-electron chi connectivity index (χ2n) is 6.45. The topological polar surface area (TPSA) is 20.3 Å². The first-order valence-electron chi connectivity index (χ1n) is 8.32. The minimum Gasteiger partial charge on any atom is -0.303 e. The van der Waals surface area contributed by atoms with E-state index in [2.05, 4.69) is 17.0 Å². The summed E-state index contributed by atoms with van der Waals surface area (Å²) < 4.78 is 26.9. The number of piperidine rings is 1. The van der Waals surface area contributed by atoms with Gasteiger partial charge in [-0.1, -0.05) is 36.4 Å². The normalized spacial score (nSPS) is 21.6. The molecule has 0 spiro atoms. The van der Waals surface area contributed by atoms with Crippen molar-refractivity contribution in [2.24, 2.45) is 5.92 Å². The highest BCUT2D eigenvalue weighted by atomic mass is 19.2. The predicted molar refractivity (Wildman–Crippen MR) is 89.6 cm³/mol. The first kappa shape index (κ1) is 16.8. The molecule has 1 heterocycles. The molecule has 1 saturated heterocycles. The van der Waals surface area contributed by atoms with Crippen LogP contribution in [0.4, 0.5) is 8.78 Å². The number of rotatable bonds is 5. The Hall–Kier alpha value is -2.07. The van der Waals surface area contributed by atoms with Crippen molar-refractivity contribution in [2.75, 3.05) is 13.1 Å². The van der Waals surface area contributed by atoms with Crippen molar-refractivity contribution in [2.45, 2.75) is 25.3 Å². The van der Waals surface area contributed by atoms with Gasteiger partial charge in [0.05, 0.1) is 0 Å². The van der Waals surface area contributed by atoms with Crippen molar-refractivity contribution < 1.29 is 13.6 Å². The Morgan fingerprint density at radius 1 is 1.08 bits per heavy atom. The highest BCUT2D eigenvalue weighted by Crippen LogP contribution is 2.35. The average molecular weight is 329 g/mol. The van der Waals surface area contributed by atoms with Gasteiger partial charge in [-0.05, 0) is 42.1 Å². The first-order valence-corrected chi connectivity index (χ1v) is 8.32. The predicted octanol–water partition coefficient (Wildman–Crippen LogP) is 4.16. The van der Waals surface area contributed by atoms with Crippen molar-refractivity contribution in [1.82, 2.24) is 4.90 Å². The Kier molecular flexibility index (Phi) is 5.36. The lowest BCUT2D eigenvalue weighted by atomic mass is 9.79. The van der Waals surface area contributed by atoms with Crippen molar-refractivity contribution in [3.05, 3.63) is 71.3 Å². The number of benzene rings is 2. The Balaban J connectivity index is 1.79. The molecule has 2 aromatic rings. The van der Waals surface area contributed by atoms with E-state index in [4.69, 9.17) is 0 Å². The van der Waals surface area contributed by atoms with E-state index in [0.29, 0.717) is 6.42 Å². The number of halogens is 2. The summed E-state index contributed by atoms with van der Waals surface area (Å²) in [5.41, 5.74) is 2.01. The van der Waals surface area contributed by atoms with Crippen LogP contribution >= 0.6 is 0 Å². The molecule has 126 valence electrons. The maximum Gasteiger partial charge on any atom is 0.159 e. The third-order valence-electron chi connectivity index (χ3n) is 4.86. The monoisotopic (exact) mass is 329 g/mol. The lowest BCUT2D eigenvalue weighted by molar-refractivity contribution is -0.109. The second kappa shape index (κ2) is 7.67. The summed E-state index contributed by atoms with van der Waals surface area (Å²) in [4.78, 5) is 13.3. The van der Waals surface area contributed by atoms with Crippen LogP contribution < -0.4 is 0 Å². The van der Waals surface area contributed by atoms with E-state index in [1.807, 2.05) is 18.2 Å². The SMILES string of the molecule is O=CCC1CCN(Cc2ccccc2)CC1c1ccc(F)c(F)c1. The van der Waals surface area contributed by atoms with Gasteiger partial charge in [-0.3, -0.25) is 4.90 Å². The van der Waals surface area contributed by atoms with E-state index < -0.39 is 11.6 Å². The summed E-state index contributed by atoms with van der Waals surface area (Å²) in [6, 6.07) is 14.3. The smallest absolute Gasteiger partial charge is 0.159 e. The summed E-state index contributed by atoms with van der Waals surface area (Å²) >= 11 is 0. The van der Waals surface area contributed by atoms with E-state index in [1.165, 1.54) is 17.7 Å². The molecule has 3 rings (SSSR count). The molecule has 1 aliphatic heterocycles. The van der Waals surface area contributed by atoms with Gasteiger partial charge in [-0.2, -0.15) is 0 Å². The number of carbonyl (C=O) groups is 1. The zero-order valence-electron chi connectivity index (χ0n) is 13.5. The fraction of sp³-hybridized carbons (Fsp3) is 0.350. The molecule has 0 bridgehead atoms. The molecule has 4 heteroatoms. The number of carbonyl (C=O) groups excluding carboxylic acids is 1. The van der Waals surface area contributed by atoms with Gasteiger partial charge in [-0.15, -0.1) is 0 Å². The molecule has 1 fully saturated rings. The summed E-state index contributed by atoms with van der Waals surface area (Å²) in [5.74, 6) is -1.43. The molecule has 2 aromatic carbocycles. The van der Waals surface area contributed by atoms with Crippen LogP contribution in [0.3, 0.4) is 0 Å². The highest BCUT2D eigenvalue weighted by molar-refractivity contribution is 5.50. The molecule has 0 radical (unpaired) electrons. The van der Waals surface area contributed by atoms with Crippen LogP contribution in [0, 0.1) is 17.6 Å². The van der Waals surface area contributed by atoms with E-state index in [0.717, 1.165) is 37.9 Å². The fourth-order valence-corrected chi connectivity index (χ4v) is 3.58. The summed E-state index contributed by atoms with van der Waals surface area (Å²) in [6.07, 6.45) is 2.28. The maximum atomic E-state index is 13.6. The van der Waals surface area contributed by atoms with E-state index in [9.17, 15) is 13.6 Å². The Morgan fingerprint density at radius 3 is 2.58 bits per heavy atom. The molecule has 0 amide bonds. The first-order chi connectivity index (χ1) is 11.7. The van der Waals surface area contributed by atoms with E-state index >= 15 is 0 Å².